The van der Waals surface area contributed by atoms with E-state index < -0.39 is 0 Å². The van der Waals surface area contributed by atoms with Crippen molar-refractivity contribution < 1.29 is 4.42 Å². The Labute approximate surface area is 328 Å². The monoisotopic (exact) mass is 716 g/mol. The summed E-state index contributed by atoms with van der Waals surface area (Å²) in [5.74, 6) is 0. The molecule has 0 N–H and O–H groups in total. The normalized spacial score (nSPS) is 15.6. The van der Waals surface area contributed by atoms with Crippen LogP contribution in [0.3, 0.4) is 0 Å². The van der Waals surface area contributed by atoms with E-state index in [1.807, 2.05) is 0 Å². The molecular weight excluding hydrogens is 677 g/mol. The van der Waals surface area contributed by atoms with Crippen LogP contribution in [0.5, 0.6) is 0 Å². The van der Waals surface area contributed by atoms with Gasteiger partial charge in [0.15, 0.2) is 0 Å². The molecule has 3 aliphatic rings. The van der Waals surface area contributed by atoms with E-state index in [1.54, 1.807) is 0 Å². The van der Waals surface area contributed by atoms with Crippen molar-refractivity contribution in [2.24, 2.45) is 0 Å². The Balaban J connectivity index is 1.15. The number of rotatable bonds is 6. The van der Waals surface area contributed by atoms with Gasteiger partial charge in [-0.25, -0.2) is 0 Å². The first-order valence-electron chi connectivity index (χ1n) is 19.9. The standard InChI is InChI=1S/C55H40O/c1-5-17-37(18-6-1)41-33-47(39-21-9-3-10-22-39)53-49(35-41)50-36-42(38-19-7-2-8-20-38)34-48(54(50)56-53)40-29-31-44(32-30-40)55(43-23-11-4-12-24-43)51-27-15-13-25-45(51)46-26-14-16-28-52(46)55/h1-2,4-9,11-29,31,33-36H,3,10,30,32H2. The summed E-state index contributed by atoms with van der Waals surface area (Å²) in [5.41, 5.74) is 19.4. The van der Waals surface area contributed by atoms with Crippen LogP contribution in [0.25, 0.3) is 66.5 Å². The van der Waals surface area contributed by atoms with Crippen LogP contribution in [-0.2, 0) is 5.41 Å². The van der Waals surface area contributed by atoms with Gasteiger partial charge in [0.25, 0.3) is 0 Å². The molecule has 1 heterocycles. The van der Waals surface area contributed by atoms with Gasteiger partial charge in [0.2, 0.25) is 0 Å². The van der Waals surface area contributed by atoms with E-state index in [2.05, 4.69) is 194 Å². The minimum absolute atomic E-state index is 0.360. The fraction of sp³-hybridized carbons (Fsp3) is 0.0909. The van der Waals surface area contributed by atoms with E-state index in [9.17, 15) is 0 Å². The van der Waals surface area contributed by atoms with E-state index in [0.717, 1.165) is 53.2 Å². The first-order chi connectivity index (χ1) is 27.8. The maximum absolute atomic E-state index is 7.18. The molecule has 0 saturated carbocycles. The highest BCUT2D eigenvalue weighted by molar-refractivity contribution is 6.14. The molecule has 3 aliphatic carbocycles. The lowest BCUT2D eigenvalue weighted by Gasteiger charge is -2.37. The van der Waals surface area contributed by atoms with Crippen molar-refractivity contribution in [2.75, 3.05) is 0 Å². The second-order valence-electron chi connectivity index (χ2n) is 15.4. The second-order valence-corrected chi connectivity index (χ2v) is 15.4. The molecule has 56 heavy (non-hydrogen) atoms. The molecule has 0 amide bonds. The fourth-order valence-electron chi connectivity index (χ4n) is 9.78. The SMILES string of the molecule is C1=CC(c2cc(-c3ccccc3)cc3c2oc2c(C4=CC=C(C5(c6ccccc6)c6ccccc6-c6ccccc65)CC4)cc(-c4ccccc4)cc23)=CCC1. The highest BCUT2D eigenvalue weighted by Gasteiger charge is 2.47. The van der Waals surface area contributed by atoms with Crippen molar-refractivity contribution in [2.45, 2.75) is 31.1 Å². The molecule has 0 atom stereocenters. The van der Waals surface area contributed by atoms with Crippen LogP contribution >= 0.6 is 0 Å². The first kappa shape index (κ1) is 32.7. The van der Waals surface area contributed by atoms with E-state index in [1.165, 1.54) is 72.4 Å². The highest BCUT2D eigenvalue weighted by Crippen LogP contribution is 2.58. The summed E-state index contributed by atoms with van der Waals surface area (Å²) in [6.07, 6.45) is 15.7. The average molecular weight is 717 g/mol. The zero-order valence-corrected chi connectivity index (χ0v) is 31.2. The van der Waals surface area contributed by atoms with Crippen molar-refractivity contribution in [3.8, 4) is 33.4 Å². The summed E-state index contributed by atoms with van der Waals surface area (Å²) in [4.78, 5) is 0. The quantitative estimate of drug-likeness (QED) is 0.167. The molecule has 1 aromatic heterocycles. The maximum atomic E-state index is 7.18. The third-order valence-corrected chi connectivity index (χ3v) is 12.3. The number of hydrogen-bond acceptors (Lipinski definition) is 1. The Morgan fingerprint density at radius 2 is 1.00 bits per heavy atom. The van der Waals surface area contributed by atoms with Crippen LogP contribution in [0.4, 0.5) is 0 Å². The van der Waals surface area contributed by atoms with E-state index in [-0.39, 0.29) is 5.41 Å². The van der Waals surface area contributed by atoms with Gasteiger partial charge in [-0.1, -0.05) is 175 Å². The minimum atomic E-state index is -0.360. The average Bonchev–Trinajstić information content (AvgIpc) is 3.81. The summed E-state index contributed by atoms with van der Waals surface area (Å²) in [6.45, 7) is 0. The van der Waals surface area contributed by atoms with E-state index >= 15 is 0 Å². The van der Waals surface area contributed by atoms with Crippen LogP contribution in [0, 0.1) is 0 Å². The molecule has 0 spiro atoms. The van der Waals surface area contributed by atoms with Crippen LogP contribution < -0.4 is 0 Å². The van der Waals surface area contributed by atoms with E-state index in [0.29, 0.717) is 0 Å². The van der Waals surface area contributed by atoms with Gasteiger partial charge in [-0.05, 0) is 111 Å². The predicted octanol–water partition coefficient (Wildman–Crippen LogP) is 14.8. The Kier molecular flexibility index (Phi) is 7.74. The summed E-state index contributed by atoms with van der Waals surface area (Å²) >= 11 is 0. The molecule has 0 unspecified atom stereocenters. The fourth-order valence-corrected chi connectivity index (χ4v) is 9.78. The van der Waals surface area contributed by atoms with Crippen LogP contribution in [0.1, 0.15) is 53.5 Å². The summed E-state index contributed by atoms with van der Waals surface area (Å²) in [6, 6.07) is 60.2. The molecule has 1 nitrogen and oxygen atoms in total. The van der Waals surface area contributed by atoms with E-state index in [4.69, 9.17) is 4.42 Å². The third kappa shape index (κ3) is 5.08. The number of fused-ring (bicyclic) bond motifs is 6. The van der Waals surface area contributed by atoms with Crippen LogP contribution in [0.15, 0.2) is 204 Å². The van der Waals surface area contributed by atoms with Crippen molar-refractivity contribution in [3.05, 3.63) is 228 Å². The van der Waals surface area contributed by atoms with Gasteiger partial charge in [0.05, 0.1) is 5.41 Å². The Morgan fingerprint density at radius 1 is 0.446 bits per heavy atom. The molecule has 8 aromatic rings. The van der Waals surface area contributed by atoms with Gasteiger partial charge in [-0.2, -0.15) is 0 Å². The first-order valence-corrected chi connectivity index (χ1v) is 19.9. The van der Waals surface area contributed by atoms with Gasteiger partial charge in [0.1, 0.15) is 11.2 Å². The maximum Gasteiger partial charge on any atom is 0.143 e. The predicted molar refractivity (Wildman–Crippen MR) is 234 cm³/mol. The van der Waals surface area contributed by atoms with Crippen molar-refractivity contribution in [3.63, 3.8) is 0 Å². The van der Waals surface area contributed by atoms with Crippen molar-refractivity contribution in [1.29, 1.82) is 0 Å². The molecule has 0 aliphatic heterocycles. The zero-order valence-electron chi connectivity index (χ0n) is 31.2. The minimum Gasteiger partial charge on any atom is -0.455 e. The second kappa shape index (κ2) is 13.3. The van der Waals surface area contributed by atoms with Gasteiger partial charge < -0.3 is 4.42 Å². The lowest BCUT2D eigenvalue weighted by atomic mass is 9.65. The summed E-state index contributed by atoms with van der Waals surface area (Å²) < 4.78 is 7.18. The van der Waals surface area contributed by atoms with Crippen molar-refractivity contribution >= 4 is 33.1 Å². The molecule has 266 valence electrons. The molecular formula is C55H40O. The van der Waals surface area contributed by atoms with Gasteiger partial charge in [-0.3, -0.25) is 0 Å². The smallest absolute Gasteiger partial charge is 0.143 e. The molecule has 1 heteroatoms. The highest BCUT2D eigenvalue weighted by atomic mass is 16.3. The van der Waals surface area contributed by atoms with Gasteiger partial charge in [0, 0.05) is 21.9 Å². The lowest BCUT2D eigenvalue weighted by Crippen LogP contribution is -2.30. The Morgan fingerprint density at radius 3 is 1.57 bits per heavy atom. The third-order valence-electron chi connectivity index (χ3n) is 12.3. The van der Waals surface area contributed by atoms with Crippen LogP contribution in [-0.4, -0.2) is 0 Å². The molecule has 0 saturated heterocycles. The number of benzene rings is 7. The van der Waals surface area contributed by atoms with Crippen molar-refractivity contribution in [1.82, 2.24) is 0 Å². The number of allylic oxidation sites excluding steroid dienone is 8. The number of hydrogen-bond donors (Lipinski definition) is 0. The Bertz CT molecular complexity index is 2890. The summed E-state index contributed by atoms with van der Waals surface area (Å²) in [5, 5.41) is 2.32. The number of furan rings is 1. The summed E-state index contributed by atoms with van der Waals surface area (Å²) in [7, 11) is 0. The van der Waals surface area contributed by atoms with Gasteiger partial charge in [-0.15, -0.1) is 0 Å². The molecule has 0 fully saturated rings. The lowest BCUT2D eigenvalue weighted by molar-refractivity contribution is 0.665. The largest absolute Gasteiger partial charge is 0.455 e. The van der Waals surface area contributed by atoms with Crippen LogP contribution in [0.2, 0.25) is 0 Å². The Hall–Kier alpha value is -6.70. The molecule has 0 bridgehead atoms. The van der Waals surface area contributed by atoms with Gasteiger partial charge >= 0.3 is 0 Å². The molecule has 7 aromatic carbocycles. The molecule has 11 rings (SSSR count). The topological polar surface area (TPSA) is 13.1 Å². The zero-order chi connectivity index (χ0) is 37.1. The molecule has 0 radical (unpaired) electrons.